The van der Waals surface area contributed by atoms with Gasteiger partial charge in [0.05, 0.1) is 12.3 Å². The molecule has 1 aromatic heterocycles. The second-order valence-corrected chi connectivity index (χ2v) is 6.88. The van der Waals surface area contributed by atoms with E-state index in [2.05, 4.69) is 16.8 Å². The van der Waals surface area contributed by atoms with Crippen molar-refractivity contribution in [2.45, 2.75) is 18.9 Å². The lowest BCUT2D eigenvalue weighted by Gasteiger charge is -2.13. The van der Waals surface area contributed by atoms with Crippen LogP contribution in [0.3, 0.4) is 0 Å². The highest BCUT2D eigenvalue weighted by Gasteiger charge is 2.42. The molecule has 1 fully saturated rings. The van der Waals surface area contributed by atoms with Gasteiger partial charge >= 0.3 is 5.97 Å². The minimum Gasteiger partial charge on any atom is -0.461 e. The number of pyridine rings is 1. The Labute approximate surface area is 168 Å². The molecule has 0 bridgehead atoms. The van der Waals surface area contributed by atoms with Gasteiger partial charge in [-0.15, -0.1) is 0 Å². The number of rotatable bonds is 3. The minimum absolute atomic E-state index is 0.120. The summed E-state index contributed by atoms with van der Waals surface area (Å²) in [5, 5.41) is 10.8. The highest BCUT2D eigenvalue weighted by Crippen LogP contribution is 2.24. The summed E-state index contributed by atoms with van der Waals surface area (Å²) < 4.78 is 4.98. The van der Waals surface area contributed by atoms with Gasteiger partial charge in [-0.1, -0.05) is 35.6 Å². The van der Waals surface area contributed by atoms with E-state index in [4.69, 9.17) is 16.3 Å². The first-order chi connectivity index (χ1) is 13.3. The third-order valence-electron chi connectivity index (χ3n) is 4.36. The maximum absolute atomic E-state index is 12.0. The van der Waals surface area contributed by atoms with Gasteiger partial charge in [0.1, 0.15) is 0 Å². The van der Waals surface area contributed by atoms with Crippen molar-refractivity contribution < 1.29 is 19.4 Å². The summed E-state index contributed by atoms with van der Waals surface area (Å²) in [7, 11) is 1.63. The summed E-state index contributed by atoms with van der Waals surface area (Å²) in [5.74, 6) is 4.60. The zero-order valence-electron chi connectivity index (χ0n) is 15.5. The number of aliphatic hydroxyl groups is 1. The predicted molar refractivity (Wildman–Crippen MR) is 105 cm³/mol. The van der Waals surface area contributed by atoms with Gasteiger partial charge in [-0.2, -0.15) is 0 Å². The molecule has 2 aromatic rings. The molecule has 1 atom stereocenters. The van der Waals surface area contributed by atoms with Crippen LogP contribution in [0.15, 0.2) is 36.4 Å². The zero-order valence-corrected chi connectivity index (χ0v) is 16.3. The third kappa shape index (κ3) is 4.16. The highest BCUT2D eigenvalue weighted by molar-refractivity contribution is 6.31. The number of hydrogen-bond acceptors (Lipinski definition) is 5. The molecule has 28 heavy (non-hydrogen) atoms. The molecule has 0 saturated carbocycles. The molecule has 1 amide bonds. The van der Waals surface area contributed by atoms with Crippen LogP contribution < -0.4 is 0 Å². The molecule has 0 spiro atoms. The molecule has 1 aliphatic heterocycles. The van der Waals surface area contributed by atoms with Crippen LogP contribution in [0.25, 0.3) is 11.3 Å². The standard InChI is InChI=1S/C21H19ClN2O4/c1-3-28-19(25)18-13-16(22)12-17(23-18)15-6-4-5-14(11-15)7-8-21(27)9-10-24(2)20(21)26/h4-6,11-13,27H,3,9-10H2,1-2H3. The molecule has 144 valence electrons. The van der Waals surface area contributed by atoms with Gasteiger partial charge in [0.15, 0.2) is 5.69 Å². The van der Waals surface area contributed by atoms with Crippen LogP contribution in [0, 0.1) is 11.8 Å². The third-order valence-corrected chi connectivity index (χ3v) is 4.57. The monoisotopic (exact) mass is 398 g/mol. The molecule has 1 aliphatic rings. The largest absolute Gasteiger partial charge is 0.461 e. The number of amides is 1. The van der Waals surface area contributed by atoms with Crippen molar-refractivity contribution in [1.29, 1.82) is 0 Å². The van der Waals surface area contributed by atoms with Crippen molar-refractivity contribution in [2.24, 2.45) is 0 Å². The molecule has 3 rings (SSSR count). The van der Waals surface area contributed by atoms with Gasteiger partial charge in [0, 0.05) is 36.2 Å². The van der Waals surface area contributed by atoms with Crippen LogP contribution in [-0.4, -0.2) is 52.7 Å². The lowest BCUT2D eigenvalue weighted by Crippen LogP contribution is -2.37. The van der Waals surface area contributed by atoms with Crippen molar-refractivity contribution >= 4 is 23.5 Å². The highest BCUT2D eigenvalue weighted by atomic mass is 35.5. The van der Waals surface area contributed by atoms with Crippen LogP contribution in [0.5, 0.6) is 0 Å². The summed E-state index contributed by atoms with van der Waals surface area (Å²) in [6.07, 6.45) is 0.272. The number of ether oxygens (including phenoxy) is 1. The van der Waals surface area contributed by atoms with Gasteiger partial charge in [-0.25, -0.2) is 9.78 Å². The molecule has 1 N–H and O–H groups in total. The molecule has 7 heteroatoms. The first-order valence-corrected chi connectivity index (χ1v) is 9.16. The summed E-state index contributed by atoms with van der Waals surface area (Å²) in [6, 6.07) is 10.2. The number of hydrogen-bond donors (Lipinski definition) is 1. The molecule has 0 radical (unpaired) electrons. The normalized spacial score (nSPS) is 18.6. The van der Waals surface area contributed by atoms with Crippen LogP contribution in [0.1, 0.15) is 29.4 Å². The molecule has 1 saturated heterocycles. The number of likely N-dealkylation sites (tertiary alicyclic amines) is 1. The smallest absolute Gasteiger partial charge is 0.356 e. The number of esters is 1. The Morgan fingerprint density at radius 3 is 2.86 bits per heavy atom. The summed E-state index contributed by atoms with van der Waals surface area (Å²) in [4.78, 5) is 29.8. The number of nitrogens with zero attached hydrogens (tertiary/aromatic N) is 2. The van der Waals surface area contributed by atoms with Crippen molar-refractivity contribution in [3.63, 3.8) is 0 Å². The Kier molecular flexibility index (Phi) is 5.68. The van der Waals surface area contributed by atoms with E-state index in [1.54, 1.807) is 38.2 Å². The average Bonchev–Trinajstić information content (AvgIpc) is 2.94. The Hall–Kier alpha value is -2.88. The van der Waals surface area contributed by atoms with E-state index in [0.717, 1.165) is 0 Å². The zero-order chi connectivity index (χ0) is 20.3. The van der Waals surface area contributed by atoms with E-state index in [-0.39, 0.29) is 18.7 Å². The van der Waals surface area contributed by atoms with Crippen LogP contribution in [0.4, 0.5) is 0 Å². The second-order valence-electron chi connectivity index (χ2n) is 6.44. The Morgan fingerprint density at radius 2 is 2.18 bits per heavy atom. The molecule has 1 aromatic carbocycles. The van der Waals surface area contributed by atoms with E-state index >= 15 is 0 Å². The van der Waals surface area contributed by atoms with E-state index in [1.165, 1.54) is 11.0 Å². The van der Waals surface area contributed by atoms with E-state index in [0.29, 0.717) is 28.4 Å². The lowest BCUT2D eigenvalue weighted by atomic mass is 10.0. The summed E-state index contributed by atoms with van der Waals surface area (Å²) in [5.41, 5.74) is 0.259. The minimum atomic E-state index is -1.66. The van der Waals surface area contributed by atoms with Crippen LogP contribution in [-0.2, 0) is 9.53 Å². The van der Waals surface area contributed by atoms with Crippen LogP contribution >= 0.6 is 11.6 Å². The fourth-order valence-corrected chi connectivity index (χ4v) is 3.06. The molecule has 0 aliphatic carbocycles. The van der Waals surface area contributed by atoms with Gasteiger partial charge in [-0.3, -0.25) is 4.79 Å². The van der Waals surface area contributed by atoms with Gasteiger partial charge in [0.25, 0.3) is 5.91 Å². The SMILES string of the molecule is CCOC(=O)c1cc(Cl)cc(-c2cccc(C#CC3(O)CCN(C)C3=O)c2)n1. The van der Waals surface area contributed by atoms with E-state index in [9.17, 15) is 14.7 Å². The maximum atomic E-state index is 12.0. The van der Waals surface area contributed by atoms with Crippen LogP contribution in [0.2, 0.25) is 5.02 Å². The van der Waals surface area contributed by atoms with E-state index in [1.807, 2.05) is 6.07 Å². The first kappa shape index (κ1) is 19.9. The van der Waals surface area contributed by atoms with Gasteiger partial charge in [-0.05, 0) is 31.2 Å². The quantitative estimate of drug-likeness (QED) is 0.634. The number of carbonyl (C=O) groups is 2. The second kappa shape index (κ2) is 8.01. The first-order valence-electron chi connectivity index (χ1n) is 8.78. The van der Waals surface area contributed by atoms with E-state index < -0.39 is 17.5 Å². The predicted octanol–water partition coefficient (Wildman–Crippen LogP) is 2.52. The molecular formula is C21H19ClN2O4. The lowest BCUT2D eigenvalue weighted by molar-refractivity contribution is -0.137. The number of likely N-dealkylation sites (N-methyl/N-ethyl adjacent to an activating group) is 1. The van der Waals surface area contributed by atoms with Crippen molar-refractivity contribution in [3.8, 4) is 23.1 Å². The average molecular weight is 399 g/mol. The topological polar surface area (TPSA) is 79.7 Å². The summed E-state index contributed by atoms with van der Waals surface area (Å²) in [6.45, 7) is 2.42. The maximum Gasteiger partial charge on any atom is 0.356 e. The number of aromatic nitrogens is 1. The Bertz CT molecular complexity index is 995. The molecule has 2 heterocycles. The van der Waals surface area contributed by atoms with Crippen molar-refractivity contribution in [2.75, 3.05) is 20.2 Å². The van der Waals surface area contributed by atoms with Gasteiger partial charge < -0.3 is 14.7 Å². The van der Waals surface area contributed by atoms with Gasteiger partial charge in [0.2, 0.25) is 5.60 Å². The van der Waals surface area contributed by atoms with Crippen molar-refractivity contribution in [3.05, 3.63) is 52.7 Å². The summed E-state index contributed by atoms with van der Waals surface area (Å²) >= 11 is 6.13. The molecular weight excluding hydrogens is 380 g/mol. The molecule has 1 unspecified atom stereocenters. The Balaban J connectivity index is 1.92. The Morgan fingerprint density at radius 1 is 1.39 bits per heavy atom. The van der Waals surface area contributed by atoms with Crippen molar-refractivity contribution in [1.82, 2.24) is 9.88 Å². The fraction of sp³-hybridized carbons (Fsp3) is 0.286. The number of carbonyl (C=O) groups excluding carboxylic acids is 2. The number of halogens is 1. The number of benzene rings is 1. The molecule has 6 nitrogen and oxygen atoms in total. The fourth-order valence-electron chi connectivity index (χ4n) is 2.86.